The molecule has 0 aliphatic rings. The first kappa shape index (κ1) is 14.8. The zero-order chi connectivity index (χ0) is 13.1. The standard InChI is InChI=1S/C15H24NO2/c1-3-5-7-11-17-14-9-10-16-15(13-14)18-12-8-6-4-2/h9,13H,3-8,11-12H2,1-2H3. The average Bonchev–Trinajstić information content (AvgIpc) is 2.40. The molecule has 18 heavy (non-hydrogen) atoms. The lowest BCUT2D eigenvalue weighted by Gasteiger charge is -2.08. The van der Waals surface area contributed by atoms with Gasteiger partial charge in [0.1, 0.15) is 5.75 Å². The summed E-state index contributed by atoms with van der Waals surface area (Å²) >= 11 is 0. The van der Waals surface area contributed by atoms with Gasteiger partial charge in [0.25, 0.3) is 0 Å². The molecule has 0 atom stereocenters. The Morgan fingerprint density at radius 3 is 2.33 bits per heavy atom. The van der Waals surface area contributed by atoms with Gasteiger partial charge in [-0.3, -0.25) is 0 Å². The molecule has 0 aromatic carbocycles. The number of unbranched alkanes of at least 4 members (excludes halogenated alkanes) is 4. The molecule has 0 spiro atoms. The molecule has 3 nitrogen and oxygen atoms in total. The van der Waals surface area contributed by atoms with Crippen LogP contribution in [0.25, 0.3) is 0 Å². The molecule has 0 saturated heterocycles. The van der Waals surface area contributed by atoms with Gasteiger partial charge in [-0.2, -0.15) is 0 Å². The highest BCUT2D eigenvalue weighted by molar-refractivity contribution is 5.25. The summed E-state index contributed by atoms with van der Waals surface area (Å²) in [6, 6.07) is 3.60. The van der Waals surface area contributed by atoms with Gasteiger partial charge in [0.15, 0.2) is 0 Å². The summed E-state index contributed by atoms with van der Waals surface area (Å²) in [7, 11) is 0. The van der Waals surface area contributed by atoms with E-state index in [9.17, 15) is 0 Å². The first-order valence-corrected chi connectivity index (χ1v) is 7.00. The van der Waals surface area contributed by atoms with Gasteiger partial charge in [0.05, 0.1) is 19.4 Å². The summed E-state index contributed by atoms with van der Waals surface area (Å²) in [5.74, 6) is 1.41. The van der Waals surface area contributed by atoms with Gasteiger partial charge in [-0.15, -0.1) is 0 Å². The van der Waals surface area contributed by atoms with E-state index in [-0.39, 0.29) is 0 Å². The second-order valence-corrected chi connectivity index (χ2v) is 4.38. The first-order valence-electron chi connectivity index (χ1n) is 7.00. The molecule has 0 bridgehead atoms. The normalized spacial score (nSPS) is 10.3. The average molecular weight is 250 g/mol. The fraction of sp³-hybridized carbons (Fsp3) is 0.667. The van der Waals surface area contributed by atoms with Crippen LogP contribution in [0.1, 0.15) is 52.4 Å². The monoisotopic (exact) mass is 250 g/mol. The maximum absolute atomic E-state index is 5.62. The van der Waals surface area contributed by atoms with Crippen LogP contribution < -0.4 is 9.47 Å². The zero-order valence-corrected chi connectivity index (χ0v) is 11.6. The minimum absolute atomic E-state index is 0.610. The second-order valence-electron chi connectivity index (χ2n) is 4.38. The Morgan fingerprint density at radius 1 is 1.00 bits per heavy atom. The number of nitrogens with zero attached hydrogens (tertiary/aromatic N) is 1. The van der Waals surface area contributed by atoms with E-state index < -0.39 is 0 Å². The van der Waals surface area contributed by atoms with Gasteiger partial charge < -0.3 is 9.47 Å². The van der Waals surface area contributed by atoms with Crippen molar-refractivity contribution in [2.45, 2.75) is 52.4 Å². The SMILES string of the molecule is CCCCCOc1c[c]nc(OCCCCC)c1. The van der Waals surface area contributed by atoms with Crippen LogP contribution in [0.3, 0.4) is 0 Å². The third kappa shape index (κ3) is 6.48. The van der Waals surface area contributed by atoms with Crippen LogP contribution in [0.4, 0.5) is 0 Å². The Hall–Kier alpha value is -1.25. The highest BCUT2D eigenvalue weighted by Gasteiger charge is 1.99. The Balaban J connectivity index is 2.27. The number of hydrogen-bond acceptors (Lipinski definition) is 3. The number of ether oxygens (including phenoxy) is 2. The minimum Gasteiger partial charge on any atom is -0.493 e. The highest BCUT2D eigenvalue weighted by atomic mass is 16.5. The molecule has 1 radical (unpaired) electrons. The number of pyridine rings is 1. The zero-order valence-electron chi connectivity index (χ0n) is 11.6. The van der Waals surface area contributed by atoms with Gasteiger partial charge in [0.2, 0.25) is 5.88 Å². The van der Waals surface area contributed by atoms with Crippen molar-refractivity contribution in [3.63, 3.8) is 0 Å². The van der Waals surface area contributed by atoms with E-state index in [0.717, 1.165) is 25.2 Å². The fourth-order valence-corrected chi connectivity index (χ4v) is 1.58. The van der Waals surface area contributed by atoms with E-state index in [1.54, 1.807) is 6.07 Å². The largest absolute Gasteiger partial charge is 0.493 e. The van der Waals surface area contributed by atoms with Crippen molar-refractivity contribution < 1.29 is 9.47 Å². The van der Waals surface area contributed by atoms with E-state index in [0.29, 0.717) is 12.5 Å². The molecule has 1 aromatic rings. The molecule has 0 unspecified atom stereocenters. The minimum atomic E-state index is 0.610. The molecule has 1 heterocycles. The van der Waals surface area contributed by atoms with Crippen LogP contribution in [0.2, 0.25) is 0 Å². The lowest BCUT2D eigenvalue weighted by Crippen LogP contribution is -2.01. The second kappa shape index (κ2) is 9.75. The highest BCUT2D eigenvalue weighted by Crippen LogP contribution is 2.16. The number of aromatic nitrogens is 1. The third-order valence-corrected chi connectivity index (χ3v) is 2.66. The maximum Gasteiger partial charge on any atom is 0.217 e. The molecule has 0 fully saturated rings. The van der Waals surface area contributed by atoms with Gasteiger partial charge in [-0.25, -0.2) is 4.98 Å². The maximum atomic E-state index is 5.62. The summed E-state index contributed by atoms with van der Waals surface area (Å²) in [6.07, 6.45) is 9.77. The molecule has 101 valence electrons. The molecule has 0 aliphatic heterocycles. The van der Waals surface area contributed by atoms with Crippen molar-refractivity contribution in [1.29, 1.82) is 0 Å². The lowest BCUT2D eigenvalue weighted by molar-refractivity contribution is 0.283. The Labute approximate surface area is 111 Å². The van der Waals surface area contributed by atoms with E-state index in [4.69, 9.17) is 9.47 Å². The van der Waals surface area contributed by atoms with Crippen LogP contribution in [-0.4, -0.2) is 18.2 Å². The Bertz CT molecular complexity index is 288. The Morgan fingerprint density at radius 2 is 1.67 bits per heavy atom. The predicted octanol–water partition coefficient (Wildman–Crippen LogP) is 4.02. The molecule has 0 N–H and O–H groups in total. The molecule has 0 aliphatic carbocycles. The van der Waals surface area contributed by atoms with Crippen LogP contribution in [0.15, 0.2) is 12.1 Å². The van der Waals surface area contributed by atoms with Crippen molar-refractivity contribution in [3.05, 3.63) is 18.3 Å². The quantitative estimate of drug-likeness (QED) is 0.588. The summed E-state index contributed by atoms with van der Waals surface area (Å²) < 4.78 is 11.2. The van der Waals surface area contributed by atoms with Gasteiger partial charge >= 0.3 is 0 Å². The lowest BCUT2D eigenvalue weighted by atomic mass is 10.3. The molecule has 0 amide bonds. The van der Waals surface area contributed by atoms with E-state index in [1.807, 2.05) is 6.07 Å². The molecule has 1 rings (SSSR count). The molecular formula is C15H24NO2. The predicted molar refractivity (Wildman–Crippen MR) is 73.1 cm³/mol. The topological polar surface area (TPSA) is 31.4 Å². The van der Waals surface area contributed by atoms with Gasteiger partial charge in [0, 0.05) is 12.1 Å². The van der Waals surface area contributed by atoms with Crippen LogP contribution in [-0.2, 0) is 0 Å². The number of hydrogen-bond donors (Lipinski definition) is 0. The molecule has 1 aromatic heterocycles. The Kier molecular flexibility index (Phi) is 8.02. The molecule has 3 heteroatoms. The smallest absolute Gasteiger partial charge is 0.217 e. The van der Waals surface area contributed by atoms with Crippen molar-refractivity contribution in [3.8, 4) is 11.6 Å². The van der Waals surface area contributed by atoms with Crippen molar-refractivity contribution in [2.75, 3.05) is 13.2 Å². The fourth-order valence-electron chi connectivity index (χ4n) is 1.58. The van der Waals surface area contributed by atoms with E-state index in [1.165, 1.54) is 25.7 Å². The summed E-state index contributed by atoms with van der Waals surface area (Å²) in [6.45, 7) is 5.83. The summed E-state index contributed by atoms with van der Waals surface area (Å²) in [5, 5.41) is 0. The molecule has 0 saturated carbocycles. The third-order valence-electron chi connectivity index (χ3n) is 2.66. The van der Waals surface area contributed by atoms with E-state index in [2.05, 4.69) is 25.0 Å². The van der Waals surface area contributed by atoms with E-state index >= 15 is 0 Å². The summed E-state index contributed by atoms with van der Waals surface area (Å²) in [4.78, 5) is 4.05. The molecular weight excluding hydrogens is 226 g/mol. The van der Waals surface area contributed by atoms with Crippen molar-refractivity contribution in [1.82, 2.24) is 4.98 Å². The van der Waals surface area contributed by atoms with Crippen molar-refractivity contribution in [2.24, 2.45) is 0 Å². The number of rotatable bonds is 10. The van der Waals surface area contributed by atoms with Gasteiger partial charge in [-0.1, -0.05) is 39.5 Å². The van der Waals surface area contributed by atoms with Crippen LogP contribution in [0, 0.1) is 6.20 Å². The van der Waals surface area contributed by atoms with Crippen LogP contribution in [0.5, 0.6) is 11.6 Å². The summed E-state index contributed by atoms with van der Waals surface area (Å²) in [5.41, 5.74) is 0. The van der Waals surface area contributed by atoms with Crippen molar-refractivity contribution >= 4 is 0 Å². The van der Waals surface area contributed by atoms with Gasteiger partial charge in [-0.05, 0) is 12.8 Å². The van der Waals surface area contributed by atoms with Crippen LogP contribution >= 0.6 is 0 Å². The first-order chi connectivity index (χ1) is 8.86.